The lowest BCUT2D eigenvalue weighted by molar-refractivity contribution is 0.416. The summed E-state index contributed by atoms with van der Waals surface area (Å²) in [5.41, 5.74) is 4.66. The monoisotopic (exact) mass is 391 g/mol. The summed E-state index contributed by atoms with van der Waals surface area (Å²) in [5, 5.41) is 7.13. The van der Waals surface area contributed by atoms with Gasteiger partial charge in [0.15, 0.2) is 0 Å². The Labute approximate surface area is 169 Å². The van der Waals surface area contributed by atoms with Crippen LogP contribution in [-0.4, -0.2) is 24.0 Å². The first kappa shape index (κ1) is 18.7. The zero-order chi connectivity index (χ0) is 19.2. The van der Waals surface area contributed by atoms with Crippen LogP contribution >= 0.6 is 11.3 Å². The zero-order valence-electron chi connectivity index (χ0n) is 16.2. The van der Waals surface area contributed by atoms with Gasteiger partial charge in [-0.1, -0.05) is 42.5 Å². The molecule has 1 saturated carbocycles. The molecule has 0 N–H and O–H groups in total. The Kier molecular flexibility index (Phi) is 6.02. The van der Waals surface area contributed by atoms with Gasteiger partial charge in [0.25, 0.3) is 0 Å². The lowest BCUT2D eigenvalue weighted by Gasteiger charge is -2.09. The molecule has 5 heteroatoms. The van der Waals surface area contributed by atoms with Crippen molar-refractivity contribution in [1.29, 1.82) is 0 Å². The largest absolute Gasteiger partial charge is 0.496 e. The highest BCUT2D eigenvalue weighted by Gasteiger charge is 2.14. The lowest BCUT2D eigenvalue weighted by atomic mass is 10.1. The summed E-state index contributed by atoms with van der Waals surface area (Å²) in [7, 11) is 1.71. The molecule has 4 nitrogen and oxygen atoms in total. The van der Waals surface area contributed by atoms with Gasteiger partial charge in [0.2, 0.25) is 4.80 Å². The van der Waals surface area contributed by atoms with Crippen LogP contribution in [0.15, 0.2) is 70.1 Å². The molecule has 1 aliphatic carbocycles. The summed E-state index contributed by atoms with van der Waals surface area (Å²) < 4.78 is 7.61. The highest BCUT2D eigenvalue weighted by molar-refractivity contribution is 7.07. The minimum Gasteiger partial charge on any atom is -0.496 e. The molecule has 0 unspecified atom stereocenters. The van der Waals surface area contributed by atoms with Gasteiger partial charge in [-0.05, 0) is 49.8 Å². The maximum Gasteiger partial charge on any atom is 0.206 e. The number of nitrogens with zero attached hydrogens (tertiary/aromatic N) is 3. The summed E-state index contributed by atoms with van der Waals surface area (Å²) in [5.74, 6) is 0.858. The third-order valence-electron chi connectivity index (χ3n) is 4.98. The maximum atomic E-state index is 5.59. The quantitative estimate of drug-likeness (QED) is 0.573. The molecule has 1 aromatic heterocycles. The SMILES string of the molecule is COc1ccccc1-c1csc(=NCCc2ccccc2)n1N=C1CCCC1. The van der Waals surface area contributed by atoms with Crippen LogP contribution in [0.3, 0.4) is 0 Å². The molecule has 0 spiro atoms. The van der Waals surface area contributed by atoms with Crippen LogP contribution in [0.4, 0.5) is 0 Å². The van der Waals surface area contributed by atoms with Crippen LogP contribution in [-0.2, 0) is 6.42 Å². The van der Waals surface area contributed by atoms with Crippen LogP contribution in [0.1, 0.15) is 31.2 Å². The van der Waals surface area contributed by atoms with Crippen molar-refractivity contribution in [2.75, 3.05) is 13.7 Å². The van der Waals surface area contributed by atoms with E-state index in [1.807, 2.05) is 28.9 Å². The fraction of sp³-hybridized carbons (Fsp3) is 0.304. The molecule has 0 amide bonds. The predicted molar refractivity (Wildman–Crippen MR) is 116 cm³/mol. The molecule has 0 saturated heterocycles. The number of rotatable bonds is 6. The standard InChI is InChI=1S/C23H25N3OS/c1-27-22-14-8-7-13-20(22)21-17-28-23(26(21)25-19-11-5-6-12-19)24-16-15-18-9-3-2-4-10-18/h2-4,7-10,13-14,17H,5-6,11-12,15-16H2,1H3. The van der Waals surface area contributed by atoms with Gasteiger partial charge in [-0.15, -0.1) is 11.3 Å². The van der Waals surface area contributed by atoms with E-state index in [4.69, 9.17) is 14.8 Å². The van der Waals surface area contributed by atoms with Gasteiger partial charge in [-0.3, -0.25) is 4.99 Å². The Morgan fingerprint density at radius 2 is 1.75 bits per heavy atom. The lowest BCUT2D eigenvalue weighted by Crippen LogP contribution is -2.15. The molecule has 0 bridgehead atoms. The Morgan fingerprint density at radius 3 is 2.54 bits per heavy atom. The van der Waals surface area contributed by atoms with Gasteiger partial charge in [-0.25, -0.2) is 4.68 Å². The van der Waals surface area contributed by atoms with E-state index in [-0.39, 0.29) is 0 Å². The molecule has 0 radical (unpaired) electrons. The fourth-order valence-corrected chi connectivity index (χ4v) is 4.34. The van der Waals surface area contributed by atoms with Crippen molar-refractivity contribution in [2.24, 2.45) is 10.1 Å². The highest BCUT2D eigenvalue weighted by Crippen LogP contribution is 2.30. The molecule has 3 aromatic rings. The number of benzene rings is 2. The first-order valence-corrected chi connectivity index (χ1v) is 10.7. The third kappa shape index (κ3) is 4.25. The van der Waals surface area contributed by atoms with Crippen LogP contribution in [0.5, 0.6) is 5.75 Å². The average molecular weight is 392 g/mol. The van der Waals surface area contributed by atoms with Crippen molar-refractivity contribution in [3.05, 3.63) is 70.3 Å². The Balaban J connectivity index is 1.71. The van der Waals surface area contributed by atoms with Crippen molar-refractivity contribution >= 4 is 17.0 Å². The number of para-hydroxylation sites is 1. The van der Waals surface area contributed by atoms with Crippen molar-refractivity contribution in [3.8, 4) is 17.0 Å². The number of hydrogen-bond acceptors (Lipinski definition) is 4. The van der Waals surface area contributed by atoms with Crippen LogP contribution in [0, 0.1) is 0 Å². The summed E-state index contributed by atoms with van der Waals surface area (Å²) in [6.45, 7) is 0.751. The predicted octanol–water partition coefficient (Wildman–Crippen LogP) is 5.15. The second-order valence-corrected chi connectivity index (χ2v) is 7.74. The number of methoxy groups -OCH3 is 1. The summed E-state index contributed by atoms with van der Waals surface area (Å²) >= 11 is 1.64. The Morgan fingerprint density at radius 1 is 1.00 bits per heavy atom. The van der Waals surface area contributed by atoms with E-state index in [0.717, 1.165) is 47.6 Å². The topological polar surface area (TPSA) is 38.9 Å². The molecule has 0 aliphatic heterocycles. The van der Waals surface area contributed by atoms with Crippen molar-refractivity contribution in [1.82, 2.24) is 4.68 Å². The van der Waals surface area contributed by atoms with E-state index in [1.54, 1.807) is 18.4 Å². The summed E-state index contributed by atoms with van der Waals surface area (Å²) in [4.78, 5) is 5.82. The van der Waals surface area contributed by atoms with Crippen molar-refractivity contribution < 1.29 is 4.74 Å². The van der Waals surface area contributed by atoms with E-state index in [9.17, 15) is 0 Å². The minimum absolute atomic E-state index is 0.751. The van der Waals surface area contributed by atoms with Gasteiger partial charge in [0.05, 0.1) is 12.8 Å². The molecule has 1 fully saturated rings. The smallest absolute Gasteiger partial charge is 0.206 e. The molecule has 0 atom stereocenters. The molecular formula is C23H25N3OS. The molecule has 2 aromatic carbocycles. The van der Waals surface area contributed by atoms with E-state index in [0.29, 0.717) is 0 Å². The average Bonchev–Trinajstić information content (AvgIpc) is 3.40. The summed E-state index contributed by atoms with van der Waals surface area (Å²) in [6, 6.07) is 18.6. The number of thiazole rings is 1. The minimum atomic E-state index is 0.751. The van der Waals surface area contributed by atoms with E-state index < -0.39 is 0 Å². The van der Waals surface area contributed by atoms with E-state index in [2.05, 4.69) is 35.7 Å². The van der Waals surface area contributed by atoms with Crippen molar-refractivity contribution in [2.45, 2.75) is 32.1 Å². The van der Waals surface area contributed by atoms with Gasteiger partial charge in [0.1, 0.15) is 5.75 Å². The number of ether oxygens (including phenoxy) is 1. The van der Waals surface area contributed by atoms with Gasteiger partial charge < -0.3 is 4.74 Å². The van der Waals surface area contributed by atoms with Gasteiger partial charge >= 0.3 is 0 Å². The number of hydrogen-bond donors (Lipinski definition) is 0. The summed E-state index contributed by atoms with van der Waals surface area (Å²) in [6.07, 6.45) is 5.55. The number of aromatic nitrogens is 1. The molecule has 1 aliphatic rings. The van der Waals surface area contributed by atoms with E-state index in [1.165, 1.54) is 24.1 Å². The molecule has 144 valence electrons. The molecule has 28 heavy (non-hydrogen) atoms. The first-order valence-electron chi connectivity index (χ1n) is 9.80. The van der Waals surface area contributed by atoms with Crippen LogP contribution in [0.2, 0.25) is 0 Å². The Bertz CT molecular complexity index is 1010. The normalized spacial score (nSPS) is 14.5. The molecular weight excluding hydrogens is 366 g/mol. The first-order chi connectivity index (χ1) is 13.8. The zero-order valence-corrected chi connectivity index (χ0v) is 17.0. The molecule has 4 rings (SSSR count). The second-order valence-electron chi connectivity index (χ2n) is 6.91. The second kappa shape index (κ2) is 9.02. The van der Waals surface area contributed by atoms with Crippen LogP contribution in [0.25, 0.3) is 11.3 Å². The van der Waals surface area contributed by atoms with Gasteiger partial charge in [-0.2, -0.15) is 5.10 Å². The van der Waals surface area contributed by atoms with Gasteiger partial charge in [0, 0.05) is 23.2 Å². The van der Waals surface area contributed by atoms with Crippen molar-refractivity contribution in [3.63, 3.8) is 0 Å². The fourth-order valence-electron chi connectivity index (χ4n) is 3.50. The molecule has 1 heterocycles. The van der Waals surface area contributed by atoms with E-state index >= 15 is 0 Å². The highest BCUT2D eigenvalue weighted by atomic mass is 32.1. The maximum absolute atomic E-state index is 5.59. The Hall–Kier alpha value is -2.66. The third-order valence-corrected chi connectivity index (χ3v) is 5.83. The van der Waals surface area contributed by atoms with Crippen LogP contribution < -0.4 is 9.54 Å².